The summed E-state index contributed by atoms with van der Waals surface area (Å²) in [6.45, 7) is 0.281. The zero-order valence-corrected chi connectivity index (χ0v) is 11.6. The molecule has 0 atom stereocenters. The molecule has 0 saturated heterocycles. The van der Waals surface area contributed by atoms with Crippen molar-refractivity contribution in [2.75, 3.05) is 12.8 Å². The van der Waals surface area contributed by atoms with Crippen LogP contribution in [-0.4, -0.2) is 28.7 Å². The molecule has 1 aromatic heterocycles. The predicted molar refractivity (Wildman–Crippen MR) is 76.4 cm³/mol. The summed E-state index contributed by atoms with van der Waals surface area (Å²) >= 11 is 1.49. The molecule has 1 aromatic rings. The highest BCUT2D eigenvalue weighted by atomic mass is 32.2. The Labute approximate surface area is 117 Å². The molecule has 0 spiro atoms. The number of carbonyl (C=O) groups is 1. The number of unbranched alkanes of at least 4 members (excludes halogenated alkanes) is 1. The largest absolute Gasteiger partial charge is 0.345 e. The van der Waals surface area contributed by atoms with Crippen LogP contribution in [0.25, 0.3) is 0 Å². The molecule has 0 aliphatic rings. The molecule has 5 heteroatoms. The fourth-order valence-corrected chi connectivity index (χ4v) is 1.54. The topological polar surface area (TPSA) is 54.9 Å². The molecule has 0 bridgehead atoms. The van der Waals surface area contributed by atoms with Crippen LogP contribution in [0.15, 0.2) is 17.6 Å². The lowest BCUT2D eigenvalue weighted by Gasteiger charge is -1.98. The Morgan fingerprint density at radius 2 is 2.21 bits per heavy atom. The Balaban J connectivity index is 2.27. The molecule has 0 saturated carbocycles. The van der Waals surface area contributed by atoms with E-state index in [1.807, 2.05) is 6.26 Å². The van der Waals surface area contributed by atoms with E-state index in [1.54, 1.807) is 12.4 Å². The number of hydrogen-bond donors (Lipinski definition) is 1. The molecule has 4 nitrogen and oxygen atoms in total. The summed E-state index contributed by atoms with van der Waals surface area (Å²) in [5, 5.41) is 3.34. The van der Waals surface area contributed by atoms with Gasteiger partial charge in [-0.2, -0.15) is 0 Å². The van der Waals surface area contributed by atoms with Crippen LogP contribution in [0, 0.1) is 24.2 Å². The zero-order chi connectivity index (χ0) is 13.9. The van der Waals surface area contributed by atoms with Crippen LogP contribution in [0.4, 0.5) is 0 Å². The maximum absolute atomic E-state index is 11.2. The Morgan fingerprint density at radius 3 is 2.84 bits per heavy atom. The normalized spacial score (nSPS) is 9.05. The number of rotatable bonds is 5. The number of amides is 1. The molecule has 19 heavy (non-hydrogen) atoms. The van der Waals surface area contributed by atoms with Gasteiger partial charge in [-0.15, -0.1) is 6.42 Å². The lowest BCUT2D eigenvalue weighted by molar-refractivity contribution is -0.120. The van der Waals surface area contributed by atoms with Crippen molar-refractivity contribution in [3.05, 3.63) is 18.0 Å². The van der Waals surface area contributed by atoms with Gasteiger partial charge in [0.15, 0.2) is 5.16 Å². The van der Waals surface area contributed by atoms with Crippen LogP contribution >= 0.6 is 11.8 Å². The zero-order valence-electron chi connectivity index (χ0n) is 10.8. The number of aromatic nitrogens is 2. The Hall–Kier alpha value is -1.98. The van der Waals surface area contributed by atoms with E-state index in [0.717, 1.165) is 10.7 Å². The second-order valence-electron chi connectivity index (χ2n) is 3.59. The van der Waals surface area contributed by atoms with Crippen LogP contribution in [0.2, 0.25) is 0 Å². The van der Waals surface area contributed by atoms with Gasteiger partial charge in [-0.3, -0.25) is 4.79 Å². The summed E-state index contributed by atoms with van der Waals surface area (Å²) in [5.41, 5.74) is 0.787. The lowest BCUT2D eigenvalue weighted by Crippen LogP contribution is -2.22. The summed E-state index contributed by atoms with van der Waals surface area (Å²) in [6, 6.07) is 0. The Bertz CT molecular complexity index is 508. The molecule has 0 aromatic carbocycles. The number of hydrogen-bond acceptors (Lipinski definition) is 4. The van der Waals surface area contributed by atoms with Crippen molar-refractivity contribution >= 4 is 17.7 Å². The molecule has 1 N–H and O–H groups in total. The molecular formula is C14H15N3OS. The lowest BCUT2D eigenvalue weighted by atomic mass is 10.2. The van der Waals surface area contributed by atoms with Crippen molar-refractivity contribution in [3.8, 4) is 24.2 Å². The van der Waals surface area contributed by atoms with Gasteiger partial charge >= 0.3 is 0 Å². The summed E-state index contributed by atoms with van der Waals surface area (Å²) in [7, 11) is 0. The quantitative estimate of drug-likeness (QED) is 0.382. The number of nitrogens with zero attached hydrogens (tertiary/aromatic N) is 2. The first-order valence-electron chi connectivity index (χ1n) is 5.81. The smallest absolute Gasteiger partial charge is 0.220 e. The van der Waals surface area contributed by atoms with Crippen LogP contribution in [0.3, 0.4) is 0 Å². The van der Waals surface area contributed by atoms with E-state index in [1.165, 1.54) is 11.8 Å². The minimum absolute atomic E-state index is 0.0348. The highest BCUT2D eigenvalue weighted by molar-refractivity contribution is 7.98. The van der Waals surface area contributed by atoms with E-state index < -0.39 is 0 Å². The predicted octanol–water partition coefficient (Wildman–Crippen LogP) is 1.47. The van der Waals surface area contributed by atoms with Gasteiger partial charge in [-0.1, -0.05) is 29.5 Å². The van der Waals surface area contributed by atoms with E-state index in [9.17, 15) is 4.79 Å². The highest BCUT2D eigenvalue weighted by Crippen LogP contribution is 2.06. The van der Waals surface area contributed by atoms with Crippen LogP contribution in [0.5, 0.6) is 0 Å². The number of nitrogens with one attached hydrogen (secondary N) is 1. The van der Waals surface area contributed by atoms with Gasteiger partial charge in [0.25, 0.3) is 0 Å². The average molecular weight is 273 g/mol. The van der Waals surface area contributed by atoms with E-state index in [0.29, 0.717) is 19.3 Å². The fourth-order valence-electron chi connectivity index (χ4n) is 1.23. The van der Waals surface area contributed by atoms with Crippen LogP contribution < -0.4 is 5.32 Å². The molecular weight excluding hydrogens is 258 g/mol. The minimum atomic E-state index is -0.0348. The summed E-state index contributed by atoms with van der Waals surface area (Å²) in [4.78, 5) is 19.5. The summed E-state index contributed by atoms with van der Waals surface area (Å²) in [6.07, 6.45) is 12.2. The highest BCUT2D eigenvalue weighted by Gasteiger charge is 1.97. The SMILES string of the molecule is C#CCNC(=O)CCCC#Cc1cnc(SC)nc1. The van der Waals surface area contributed by atoms with Gasteiger partial charge in [-0.05, 0) is 12.7 Å². The molecule has 1 heterocycles. The molecule has 0 aliphatic carbocycles. The second kappa shape index (κ2) is 9.02. The Kier molecular flexibility index (Phi) is 7.16. The molecule has 1 amide bonds. The van der Waals surface area contributed by atoms with Crippen molar-refractivity contribution in [3.63, 3.8) is 0 Å². The third-order valence-electron chi connectivity index (χ3n) is 2.14. The van der Waals surface area contributed by atoms with E-state index in [-0.39, 0.29) is 12.5 Å². The van der Waals surface area contributed by atoms with Crippen LogP contribution in [0.1, 0.15) is 24.8 Å². The van der Waals surface area contributed by atoms with Gasteiger partial charge in [0.05, 0.1) is 12.1 Å². The summed E-state index contributed by atoms with van der Waals surface area (Å²) in [5.74, 6) is 8.28. The van der Waals surface area contributed by atoms with Crippen molar-refractivity contribution in [2.45, 2.75) is 24.4 Å². The van der Waals surface area contributed by atoms with Gasteiger partial charge in [-0.25, -0.2) is 9.97 Å². The minimum Gasteiger partial charge on any atom is -0.345 e. The molecule has 98 valence electrons. The van der Waals surface area contributed by atoms with Gasteiger partial charge < -0.3 is 5.32 Å². The van der Waals surface area contributed by atoms with E-state index >= 15 is 0 Å². The summed E-state index contributed by atoms with van der Waals surface area (Å²) < 4.78 is 0. The van der Waals surface area contributed by atoms with Crippen molar-refractivity contribution < 1.29 is 4.79 Å². The third-order valence-corrected chi connectivity index (χ3v) is 2.71. The van der Waals surface area contributed by atoms with Crippen molar-refractivity contribution in [2.24, 2.45) is 0 Å². The molecule has 0 fully saturated rings. The number of carbonyl (C=O) groups excluding carboxylic acids is 1. The second-order valence-corrected chi connectivity index (χ2v) is 4.37. The first-order valence-corrected chi connectivity index (χ1v) is 7.04. The maximum atomic E-state index is 11.2. The first kappa shape index (κ1) is 15.1. The monoisotopic (exact) mass is 273 g/mol. The average Bonchev–Trinajstić information content (AvgIpc) is 2.45. The fraction of sp³-hybridized carbons (Fsp3) is 0.357. The molecule has 0 unspecified atom stereocenters. The third kappa shape index (κ3) is 6.49. The van der Waals surface area contributed by atoms with E-state index in [4.69, 9.17) is 6.42 Å². The first-order chi connectivity index (χ1) is 9.26. The van der Waals surface area contributed by atoms with Crippen LogP contribution in [-0.2, 0) is 4.79 Å². The van der Waals surface area contributed by atoms with E-state index in [2.05, 4.69) is 33.0 Å². The van der Waals surface area contributed by atoms with Crippen molar-refractivity contribution in [1.82, 2.24) is 15.3 Å². The molecule has 0 aliphatic heterocycles. The molecule has 1 rings (SSSR count). The maximum Gasteiger partial charge on any atom is 0.220 e. The molecule has 0 radical (unpaired) electrons. The van der Waals surface area contributed by atoms with Crippen molar-refractivity contribution in [1.29, 1.82) is 0 Å². The number of thioether (sulfide) groups is 1. The van der Waals surface area contributed by atoms with Gasteiger partial charge in [0.1, 0.15) is 0 Å². The number of terminal acetylenes is 1. The van der Waals surface area contributed by atoms with Gasteiger partial charge in [0, 0.05) is 25.2 Å². The Morgan fingerprint density at radius 1 is 1.47 bits per heavy atom. The standard InChI is InChI=1S/C14H15N3OS/c1-3-9-15-13(18)8-6-4-5-7-12-10-16-14(19-2)17-11-12/h1,10-11H,4,6,8-9H2,2H3,(H,15,18). The van der Waals surface area contributed by atoms with Gasteiger partial charge in [0.2, 0.25) is 5.91 Å².